The van der Waals surface area contributed by atoms with Crippen molar-refractivity contribution in [3.63, 3.8) is 0 Å². The summed E-state index contributed by atoms with van der Waals surface area (Å²) in [6.45, 7) is 1.69. The van der Waals surface area contributed by atoms with Gasteiger partial charge in [-0.2, -0.15) is 5.10 Å². The van der Waals surface area contributed by atoms with Gasteiger partial charge in [-0.3, -0.25) is 14.5 Å². The Morgan fingerprint density at radius 1 is 1.05 bits per heavy atom. The van der Waals surface area contributed by atoms with Crippen molar-refractivity contribution in [1.82, 2.24) is 9.91 Å². The van der Waals surface area contributed by atoms with Gasteiger partial charge in [-0.1, -0.05) is 23.6 Å². The first-order valence-electron chi connectivity index (χ1n) is 11.8. The lowest BCUT2D eigenvalue weighted by molar-refractivity contribution is -0.106. The summed E-state index contributed by atoms with van der Waals surface area (Å²) in [6.07, 6.45) is 8.33. The molecule has 0 radical (unpaired) electrons. The number of amides is 2. The summed E-state index contributed by atoms with van der Waals surface area (Å²) in [5, 5.41) is 9.17. The summed E-state index contributed by atoms with van der Waals surface area (Å²) >= 11 is 6.15. The third kappa shape index (κ3) is 7.65. The Morgan fingerprint density at radius 3 is 2.39 bits per heavy atom. The number of terminal acetylenes is 1. The van der Waals surface area contributed by atoms with Crippen LogP contribution in [-0.2, 0) is 4.79 Å². The summed E-state index contributed by atoms with van der Waals surface area (Å²) in [5.74, 6) is 1.33. The lowest BCUT2D eigenvalue weighted by Gasteiger charge is -2.22. The van der Waals surface area contributed by atoms with Crippen molar-refractivity contribution in [3.8, 4) is 12.3 Å². The highest BCUT2D eigenvalue weighted by Crippen LogP contribution is 2.32. The number of rotatable bonds is 11. The van der Waals surface area contributed by atoms with Gasteiger partial charge in [0.05, 0.1) is 23.2 Å². The van der Waals surface area contributed by atoms with Gasteiger partial charge in [-0.25, -0.2) is 4.39 Å². The second kappa shape index (κ2) is 13.4. The van der Waals surface area contributed by atoms with Gasteiger partial charge < -0.3 is 15.2 Å². The number of benzene rings is 3. The largest absolute Gasteiger partial charge is 0.322 e. The van der Waals surface area contributed by atoms with E-state index < -0.39 is 11.7 Å². The van der Waals surface area contributed by atoms with Gasteiger partial charge in [0.2, 0.25) is 6.41 Å². The third-order valence-electron chi connectivity index (χ3n) is 5.60. The van der Waals surface area contributed by atoms with Crippen molar-refractivity contribution in [2.75, 3.05) is 44.4 Å². The van der Waals surface area contributed by atoms with E-state index in [4.69, 9.17) is 18.0 Å². The number of anilines is 3. The molecule has 0 unspecified atom stereocenters. The molecule has 0 bridgehead atoms. The van der Waals surface area contributed by atoms with E-state index in [0.29, 0.717) is 23.2 Å². The average molecular weight is 534 g/mol. The first-order chi connectivity index (χ1) is 18.2. The summed E-state index contributed by atoms with van der Waals surface area (Å²) in [6, 6.07) is 15.5. The number of hydrogen-bond acceptors (Lipinski definition) is 5. The van der Waals surface area contributed by atoms with E-state index in [2.05, 4.69) is 21.2 Å². The molecule has 0 saturated heterocycles. The van der Waals surface area contributed by atoms with Gasteiger partial charge in [0.1, 0.15) is 5.82 Å². The van der Waals surface area contributed by atoms with Gasteiger partial charge in [-0.05, 0) is 87.2 Å². The van der Waals surface area contributed by atoms with Crippen molar-refractivity contribution in [1.29, 1.82) is 0 Å². The highest BCUT2D eigenvalue weighted by molar-refractivity contribution is 6.31. The van der Waals surface area contributed by atoms with Gasteiger partial charge in [0.15, 0.2) is 0 Å². The summed E-state index contributed by atoms with van der Waals surface area (Å²) in [4.78, 5) is 28.4. The van der Waals surface area contributed by atoms with Crippen LogP contribution in [0.15, 0.2) is 65.8 Å². The lowest BCUT2D eigenvalue weighted by atomic mass is 10.1. The first-order valence-corrected chi connectivity index (χ1v) is 12.2. The molecule has 2 amide bonds. The molecule has 7 nitrogen and oxygen atoms in total. The summed E-state index contributed by atoms with van der Waals surface area (Å²) in [5.41, 5.74) is 1.93. The standard InChI is InChI=1S/C29H29ClFN5O2/c1-5-21-7-11-24(12-8-21)33-29(38)25-18-23(30)10-14-27(25)36(20-37)28-13-9-22(17-26(28)31)19-32-35(4)16-6-15-34(2)3/h1,7-14,17-20H,6,15-16H2,2-4H3,(H,33,38). The molecule has 0 aliphatic heterocycles. The zero-order valence-corrected chi connectivity index (χ0v) is 22.2. The minimum absolute atomic E-state index is 0.0220. The average Bonchev–Trinajstić information content (AvgIpc) is 2.89. The summed E-state index contributed by atoms with van der Waals surface area (Å²) in [7, 11) is 5.87. The Hall–Kier alpha value is -4.19. The van der Waals surface area contributed by atoms with Crippen LogP contribution in [0.1, 0.15) is 27.9 Å². The highest BCUT2D eigenvalue weighted by atomic mass is 35.5. The Bertz CT molecular complexity index is 1350. The molecule has 38 heavy (non-hydrogen) atoms. The molecule has 0 aromatic heterocycles. The lowest BCUT2D eigenvalue weighted by Crippen LogP contribution is -2.21. The highest BCUT2D eigenvalue weighted by Gasteiger charge is 2.21. The van der Waals surface area contributed by atoms with Gasteiger partial charge in [0, 0.05) is 29.9 Å². The molecule has 0 atom stereocenters. The molecule has 0 saturated carbocycles. The first kappa shape index (κ1) is 28.4. The number of halogens is 2. The molecule has 1 N–H and O–H groups in total. The number of carbonyl (C=O) groups excluding carboxylic acids is 2. The fourth-order valence-electron chi connectivity index (χ4n) is 3.63. The third-order valence-corrected chi connectivity index (χ3v) is 5.83. The number of hydrazone groups is 1. The predicted molar refractivity (Wildman–Crippen MR) is 152 cm³/mol. The van der Waals surface area contributed by atoms with Crippen LogP contribution in [0.5, 0.6) is 0 Å². The van der Waals surface area contributed by atoms with Crippen LogP contribution in [0.3, 0.4) is 0 Å². The molecule has 0 spiro atoms. The van der Waals surface area contributed by atoms with Crippen molar-refractivity contribution in [2.24, 2.45) is 5.10 Å². The van der Waals surface area contributed by atoms with E-state index in [1.165, 1.54) is 30.3 Å². The maximum Gasteiger partial charge on any atom is 0.257 e. The van der Waals surface area contributed by atoms with Crippen molar-refractivity contribution in [3.05, 3.63) is 88.2 Å². The number of nitrogens with one attached hydrogen (secondary N) is 1. The minimum Gasteiger partial charge on any atom is -0.322 e. The second-order valence-electron chi connectivity index (χ2n) is 8.81. The SMILES string of the molecule is C#Cc1ccc(NC(=O)c2cc(Cl)ccc2N(C=O)c2ccc(C=NN(C)CCCN(C)C)cc2F)cc1. The van der Waals surface area contributed by atoms with E-state index in [1.54, 1.807) is 41.6 Å². The fraction of sp³-hybridized carbons (Fsp3) is 0.207. The molecule has 0 aliphatic carbocycles. The van der Waals surface area contributed by atoms with Crippen LogP contribution in [0, 0.1) is 18.2 Å². The molecule has 9 heteroatoms. The Kier molecular flexibility index (Phi) is 9.99. The number of hydrogen-bond donors (Lipinski definition) is 1. The van der Waals surface area contributed by atoms with E-state index in [0.717, 1.165) is 24.4 Å². The van der Waals surface area contributed by atoms with Gasteiger partial charge in [0.25, 0.3) is 5.91 Å². The monoisotopic (exact) mass is 533 g/mol. The van der Waals surface area contributed by atoms with E-state index in [1.807, 2.05) is 21.1 Å². The molecule has 0 fully saturated rings. The summed E-state index contributed by atoms with van der Waals surface area (Å²) < 4.78 is 15.2. The maximum absolute atomic E-state index is 15.2. The zero-order chi connectivity index (χ0) is 27.7. The predicted octanol–water partition coefficient (Wildman–Crippen LogP) is 5.22. The quantitative estimate of drug-likeness (QED) is 0.159. The van der Waals surface area contributed by atoms with Crippen LogP contribution in [0.2, 0.25) is 5.02 Å². The molecule has 3 rings (SSSR count). The molecule has 0 heterocycles. The van der Waals surface area contributed by atoms with Crippen LogP contribution >= 0.6 is 11.6 Å². The Morgan fingerprint density at radius 2 is 1.76 bits per heavy atom. The fourth-order valence-corrected chi connectivity index (χ4v) is 3.80. The van der Waals surface area contributed by atoms with Crippen molar-refractivity contribution in [2.45, 2.75) is 6.42 Å². The van der Waals surface area contributed by atoms with Crippen molar-refractivity contribution >= 4 is 47.2 Å². The molecular weight excluding hydrogens is 505 g/mol. The van der Waals surface area contributed by atoms with E-state index in [9.17, 15) is 9.59 Å². The molecule has 3 aromatic carbocycles. The Balaban J connectivity index is 1.83. The van der Waals surface area contributed by atoms with Crippen molar-refractivity contribution < 1.29 is 14.0 Å². The molecule has 196 valence electrons. The molecule has 3 aromatic rings. The topological polar surface area (TPSA) is 68.2 Å². The maximum atomic E-state index is 15.2. The van der Waals surface area contributed by atoms with Gasteiger partial charge >= 0.3 is 0 Å². The number of carbonyl (C=O) groups is 2. The molecule has 0 aliphatic rings. The molecular formula is C29H29ClFN5O2. The number of nitrogens with zero attached hydrogens (tertiary/aromatic N) is 4. The minimum atomic E-state index is -0.650. The smallest absolute Gasteiger partial charge is 0.257 e. The van der Waals surface area contributed by atoms with Crippen LogP contribution in [0.25, 0.3) is 0 Å². The van der Waals surface area contributed by atoms with E-state index in [-0.39, 0.29) is 22.0 Å². The van der Waals surface area contributed by atoms with Crippen LogP contribution in [-0.4, -0.2) is 62.7 Å². The van der Waals surface area contributed by atoms with Gasteiger partial charge in [-0.15, -0.1) is 6.42 Å². The zero-order valence-electron chi connectivity index (χ0n) is 21.5. The Labute approximate surface area is 227 Å². The normalized spacial score (nSPS) is 10.9. The second-order valence-corrected chi connectivity index (χ2v) is 9.24. The van der Waals surface area contributed by atoms with Crippen LogP contribution < -0.4 is 10.2 Å². The van der Waals surface area contributed by atoms with E-state index >= 15 is 4.39 Å². The van der Waals surface area contributed by atoms with Crippen LogP contribution in [0.4, 0.5) is 21.5 Å².